The summed E-state index contributed by atoms with van der Waals surface area (Å²) in [6, 6.07) is 3.83. The van der Waals surface area contributed by atoms with Crippen LogP contribution in [0.2, 0.25) is 0 Å². The Bertz CT molecular complexity index is 539. The van der Waals surface area contributed by atoms with E-state index < -0.39 is 0 Å². The van der Waals surface area contributed by atoms with Crippen LogP contribution in [0.15, 0.2) is 24.3 Å². The van der Waals surface area contributed by atoms with Gasteiger partial charge in [0.25, 0.3) is 0 Å². The minimum absolute atomic E-state index is 0.176. The fraction of sp³-hybridized carbons (Fsp3) is 0.619. The first-order valence-corrected chi connectivity index (χ1v) is 9.31. The minimum atomic E-state index is -0.176. The van der Waals surface area contributed by atoms with Crippen molar-refractivity contribution in [2.75, 3.05) is 6.61 Å². The second-order valence-corrected chi connectivity index (χ2v) is 7.27. The van der Waals surface area contributed by atoms with Crippen molar-refractivity contribution < 1.29 is 9.13 Å². The molecule has 2 heteroatoms. The first kappa shape index (κ1) is 16.5. The van der Waals surface area contributed by atoms with Crippen LogP contribution in [0.4, 0.5) is 4.39 Å². The van der Waals surface area contributed by atoms with Crippen LogP contribution in [-0.2, 0) is 6.42 Å². The topological polar surface area (TPSA) is 9.23 Å². The molecular formula is C21H29FO. The summed E-state index contributed by atoms with van der Waals surface area (Å²) in [7, 11) is 0. The molecule has 23 heavy (non-hydrogen) atoms. The Labute approximate surface area is 139 Å². The highest BCUT2D eigenvalue weighted by Crippen LogP contribution is 2.30. The second kappa shape index (κ2) is 7.99. The fourth-order valence-electron chi connectivity index (χ4n) is 3.69. The number of hydrogen-bond acceptors (Lipinski definition) is 1. The predicted molar refractivity (Wildman–Crippen MR) is 93.4 cm³/mol. The fourth-order valence-corrected chi connectivity index (χ4v) is 3.69. The van der Waals surface area contributed by atoms with Crippen LogP contribution in [0, 0.1) is 24.6 Å². The molecule has 1 nitrogen and oxygen atoms in total. The van der Waals surface area contributed by atoms with Crippen LogP contribution in [-0.4, -0.2) is 6.61 Å². The van der Waals surface area contributed by atoms with Crippen molar-refractivity contribution in [3.63, 3.8) is 0 Å². The number of hydrogen-bond donors (Lipinski definition) is 0. The molecule has 2 fully saturated rings. The molecule has 1 aromatic rings. The minimum Gasteiger partial charge on any atom is -0.490 e. The summed E-state index contributed by atoms with van der Waals surface area (Å²) in [5.41, 5.74) is 1.81. The zero-order valence-corrected chi connectivity index (χ0v) is 14.3. The zero-order chi connectivity index (χ0) is 16.1. The molecule has 3 rings (SSSR count). The lowest BCUT2D eigenvalue weighted by Gasteiger charge is -2.25. The molecule has 0 saturated heterocycles. The Balaban J connectivity index is 1.53. The van der Waals surface area contributed by atoms with Gasteiger partial charge in [-0.05, 0) is 61.6 Å². The summed E-state index contributed by atoms with van der Waals surface area (Å²) >= 11 is 0. The molecule has 0 atom stereocenters. The van der Waals surface area contributed by atoms with Crippen LogP contribution in [0.5, 0.6) is 5.75 Å². The SMILES string of the molecule is Cc1c(C/C=C/C2CCCC2)ccc(OCCC2CCC2)c1F. The average Bonchev–Trinajstić information content (AvgIpc) is 3.01. The van der Waals surface area contributed by atoms with E-state index in [1.54, 1.807) is 0 Å². The van der Waals surface area contributed by atoms with Crippen molar-refractivity contribution in [3.05, 3.63) is 41.2 Å². The molecular weight excluding hydrogens is 287 g/mol. The Hall–Kier alpha value is -1.31. The van der Waals surface area contributed by atoms with E-state index in [1.165, 1.54) is 44.9 Å². The van der Waals surface area contributed by atoms with E-state index in [1.807, 2.05) is 19.1 Å². The van der Waals surface area contributed by atoms with Gasteiger partial charge >= 0.3 is 0 Å². The Morgan fingerprint density at radius 2 is 1.91 bits per heavy atom. The summed E-state index contributed by atoms with van der Waals surface area (Å²) in [5, 5.41) is 0. The number of halogens is 1. The van der Waals surface area contributed by atoms with Crippen molar-refractivity contribution in [2.24, 2.45) is 11.8 Å². The first-order valence-electron chi connectivity index (χ1n) is 9.31. The maximum atomic E-state index is 14.5. The third-order valence-electron chi connectivity index (χ3n) is 5.62. The van der Waals surface area contributed by atoms with Crippen molar-refractivity contribution in [2.45, 2.75) is 64.7 Å². The quantitative estimate of drug-likeness (QED) is 0.561. The highest BCUT2D eigenvalue weighted by molar-refractivity contribution is 5.37. The monoisotopic (exact) mass is 316 g/mol. The summed E-state index contributed by atoms with van der Waals surface area (Å²) in [4.78, 5) is 0. The van der Waals surface area contributed by atoms with Crippen LogP contribution >= 0.6 is 0 Å². The molecule has 0 amide bonds. The molecule has 0 bridgehead atoms. The first-order chi connectivity index (χ1) is 11.2. The Kier molecular flexibility index (Phi) is 5.75. The van der Waals surface area contributed by atoms with Gasteiger partial charge in [0, 0.05) is 0 Å². The number of allylic oxidation sites excluding steroid dienone is 2. The molecule has 0 N–H and O–H groups in total. The van der Waals surface area contributed by atoms with Gasteiger partial charge in [0.2, 0.25) is 0 Å². The highest BCUT2D eigenvalue weighted by atomic mass is 19.1. The molecule has 0 heterocycles. The van der Waals surface area contributed by atoms with Crippen molar-refractivity contribution in [1.82, 2.24) is 0 Å². The molecule has 2 aliphatic rings. The maximum absolute atomic E-state index is 14.5. The third-order valence-corrected chi connectivity index (χ3v) is 5.62. The molecule has 0 radical (unpaired) electrons. The maximum Gasteiger partial charge on any atom is 0.168 e. The van der Waals surface area contributed by atoms with E-state index in [0.29, 0.717) is 12.4 Å². The van der Waals surface area contributed by atoms with Crippen LogP contribution in [0.25, 0.3) is 0 Å². The van der Waals surface area contributed by atoms with Crippen molar-refractivity contribution >= 4 is 0 Å². The molecule has 126 valence electrons. The lowest BCUT2D eigenvalue weighted by Crippen LogP contribution is -2.14. The molecule has 0 unspecified atom stereocenters. The van der Waals surface area contributed by atoms with Crippen LogP contribution < -0.4 is 4.74 Å². The van der Waals surface area contributed by atoms with Gasteiger partial charge in [0.05, 0.1) is 6.61 Å². The van der Waals surface area contributed by atoms with Gasteiger partial charge in [-0.2, -0.15) is 0 Å². The lowest BCUT2D eigenvalue weighted by molar-refractivity contribution is 0.216. The van der Waals surface area contributed by atoms with Gasteiger partial charge in [0.15, 0.2) is 11.6 Å². The lowest BCUT2D eigenvalue weighted by atomic mass is 9.83. The number of benzene rings is 1. The summed E-state index contributed by atoms with van der Waals surface area (Å²) < 4.78 is 20.1. The molecule has 0 aliphatic heterocycles. The van der Waals surface area contributed by atoms with Crippen molar-refractivity contribution in [3.8, 4) is 5.75 Å². The van der Waals surface area contributed by atoms with Gasteiger partial charge in [-0.3, -0.25) is 0 Å². The van der Waals surface area contributed by atoms with E-state index in [4.69, 9.17) is 4.74 Å². The van der Waals surface area contributed by atoms with Crippen LogP contribution in [0.3, 0.4) is 0 Å². The van der Waals surface area contributed by atoms with Gasteiger partial charge < -0.3 is 4.74 Å². The van der Waals surface area contributed by atoms with E-state index in [-0.39, 0.29) is 5.82 Å². The van der Waals surface area contributed by atoms with Crippen molar-refractivity contribution in [1.29, 1.82) is 0 Å². The standard InChI is InChI=1S/C21H29FO/c1-16-19(11-5-10-17-6-2-3-7-17)12-13-20(21(16)22)23-15-14-18-8-4-9-18/h5,10,12-13,17-18H,2-4,6-9,11,14-15H2,1H3/b10-5+. The Morgan fingerprint density at radius 1 is 1.13 bits per heavy atom. The number of rotatable bonds is 7. The van der Waals surface area contributed by atoms with E-state index in [2.05, 4.69) is 12.2 Å². The van der Waals surface area contributed by atoms with Gasteiger partial charge in [-0.15, -0.1) is 0 Å². The normalized spacial score (nSPS) is 19.4. The van der Waals surface area contributed by atoms with E-state index in [9.17, 15) is 4.39 Å². The van der Waals surface area contributed by atoms with E-state index >= 15 is 0 Å². The van der Waals surface area contributed by atoms with E-state index in [0.717, 1.165) is 35.8 Å². The second-order valence-electron chi connectivity index (χ2n) is 7.27. The summed E-state index contributed by atoms with van der Waals surface area (Å²) in [6.07, 6.45) is 15.8. The molecule has 0 spiro atoms. The molecule has 2 saturated carbocycles. The molecule has 1 aromatic carbocycles. The summed E-state index contributed by atoms with van der Waals surface area (Å²) in [5.74, 6) is 1.80. The van der Waals surface area contributed by atoms with Gasteiger partial charge in [-0.25, -0.2) is 4.39 Å². The zero-order valence-electron chi connectivity index (χ0n) is 14.3. The largest absolute Gasteiger partial charge is 0.490 e. The van der Waals surface area contributed by atoms with Gasteiger partial charge in [0.1, 0.15) is 0 Å². The predicted octanol–water partition coefficient (Wildman–Crippen LogP) is 5.99. The Morgan fingerprint density at radius 3 is 2.61 bits per heavy atom. The summed E-state index contributed by atoms with van der Waals surface area (Å²) in [6.45, 7) is 2.51. The third kappa shape index (κ3) is 4.37. The molecule has 2 aliphatic carbocycles. The highest BCUT2D eigenvalue weighted by Gasteiger charge is 2.18. The van der Waals surface area contributed by atoms with Crippen LogP contribution in [0.1, 0.15) is 62.5 Å². The number of ether oxygens (including phenoxy) is 1. The average molecular weight is 316 g/mol. The molecule has 0 aromatic heterocycles. The smallest absolute Gasteiger partial charge is 0.168 e. The van der Waals surface area contributed by atoms with Gasteiger partial charge in [-0.1, -0.05) is 50.3 Å².